The summed E-state index contributed by atoms with van der Waals surface area (Å²) in [6.45, 7) is 2.07. The van der Waals surface area contributed by atoms with Crippen LogP contribution < -0.4 is 0 Å². The fourth-order valence-corrected chi connectivity index (χ4v) is 2.41. The first-order chi connectivity index (χ1) is 9.50. The maximum Gasteiger partial charge on any atom is 0.326 e. The molecule has 0 bridgehead atoms. The monoisotopic (exact) mass is 277 g/mol. The van der Waals surface area contributed by atoms with E-state index in [0.29, 0.717) is 30.5 Å². The third kappa shape index (κ3) is 2.87. The first-order valence-corrected chi connectivity index (χ1v) is 6.47. The van der Waals surface area contributed by atoms with Gasteiger partial charge in [0.25, 0.3) is 0 Å². The molecule has 4 nitrogen and oxygen atoms in total. The number of carboxylic acids is 1. The Morgan fingerprint density at radius 2 is 2.10 bits per heavy atom. The Morgan fingerprint density at radius 1 is 1.40 bits per heavy atom. The van der Waals surface area contributed by atoms with Crippen molar-refractivity contribution in [2.24, 2.45) is 0 Å². The van der Waals surface area contributed by atoms with Crippen LogP contribution >= 0.6 is 0 Å². The van der Waals surface area contributed by atoms with Crippen LogP contribution in [0, 0.1) is 5.82 Å². The molecule has 0 unspecified atom stereocenters. The SMILES string of the molecule is C/C(=C\C(=O)N1CCC[C@@H]1C(=O)O)c1ccccc1F. The third-order valence-corrected chi connectivity index (χ3v) is 3.46. The average Bonchev–Trinajstić information content (AvgIpc) is 2.88. The number of aliphatic carboxylic acids is 1. The van der Waals surface area contributed by atoms with E-state index >= 15 is 0 Å². The summed E-state index contributed by atoms with van der Waals surface area (Å²) in [6, 6.07) is 5.41. The van der Waals surface area contributed by atoms with E-state index in [0.717, 1.165) is 0 Å². The van der Waals surface area contributed by atoms with E-state index in [1.165, 1.54) is 17.0 Å². The van der Waals surface area contributed by atoms with Gasteiger partial charge in [0.15, 0.2) is 0 Å². The molecule has 0 radical (unpaired) electrons. The van der Waals surface area contributed by atoms with Gasteiger partial charge < -0.3 is 10.0 Å². The molecular formula is C15H16FNO3. The van der Waals surface area contributed by atoms with Gasteiger partial charge in [-0.1, -0.05) is 18.2 Å². The van der Waals surface area contributed by atoms with Crippen molar-refractivity contribution in [3.8, 4) is 0 Å². The lowest BCUT2D eigenvalue weighted by atomic mass is 10.1. The van der Waals surface area contributed by atoms with E-state index in [2.05, 4.69) is 0 Å². The Labute approximate surface area is 116 Å². The van der Waals surface area contributed by atoms with Crippen LogP contribution in [-0.4, -0.2) is 34.5 Å². The lowest BCUT2D eigenvalue weighted by molar-refractivity contribution is -0.146. The number of carboxylic acid groups (broad SMARTS) is 1. The van der Waals surface area contributed by atoms with Crippen molar-refractivity contribution in [3.05, 3.63) is 41.7 Å². The number of hydrogen-bond donors (Lipinski definition) is 1. The number of carbonyl (C=O) groups excluding carboxylic acids is 1. The summed E-state index contributed by atoms with van der Waals surface area (Å²) in [4.78, 5) is 24.5. The maximum atomic E-state index is 13.6. The second kappa shape index (κ2) is 5.86. The van der Waals surface area contributed by atoms with Crippen LogP contribution in [-0.2, 0) is 9.59 Å². The molecule has 5 heteroatoms. The molecule has 0 aromatic heterocycles. The molecule has 1 fully saturated rings. The lowest BCUT2D eigenvalue weighted by Crippen LogP contribution is -2.39. The van der Waals surface area contributed by atoms with Crippen LogP contribution in [0.3, 0.4) is 0 Å². The van der Waals surface area contributed by atoms with Crippen molar-refractivity contribution in [1.82, 2.24) is 4.90 Å². The molecule has 1 N–H and O–H groups in total. The predicted octanol–water partition coefficient (Wildman–Crippen LogP) is 2.30. The molecule has 0 saturated carbocycles. The van der Waals surface area contributed by atoms with E-state index in [9.17, 15) is 14.0 Å². The smallest absolute Gasteiger partial charge is 0.326 e. The number of hydrogen-bond acceptors (Lipinski definition) is 2. The molecule has 1 heterocycles. The number of amides is 1. The normalized spacial score (nSPS) is 19.2. The number of rotatable bonds is 3. The fraction of sp³-hybridized carbons (Fsp3) is 0.333. The highest BCUT2D eigenvalue weighted by Gasteiger charge is 2.33. The number of carbonyl (C=O) groups is 2. The van der Waals surface area contributed by atoms with Gasteiger partial charge in [-0.25, -0.2) is 9.18 Å². The van der Waals surface area contributed by atoms with E-state index in [1.54, 1.807) is 25.1 Å². The molecule has 2 rings (SSSR count). The Bertz CT molecular complexity index is 568. The number of nitrogens with zero attached hydrogens (tertiary/aromatic N) is 1. The van der Waals surface area contributed by atoms with E-state index in [1.807, 2.05) is 0 Å². The zero-order valence-corrected chi connectivity index (χ0v) is 11.2. The summed E-state index contributed by atoms with van der Waals surface area (Å²) < 4.78 is 13.6. The Balaban J connectivity index is 2.20. The van der Waals surface area contributed by atoms with E-state index in [-0.39, 0.29) is 5.91 Å². The summed E-state index contributed by atoms with van der Waals surface area (Å²) in [5.74, 6) is -1.77. The summed E-state index contributed by atoms with van der Waals surface area (Å²) in [5.41, 5.74) is 0.844. The van der Waals surface area contributed by atoms with Gasteiger partial charge in [-0.3, -0.25) is 4.79 Å². The number of halogens is 1. The minimum atomic E-state index is -0.993. The Kier molecular flexibility index (Phi) is 4.17. The van der Waals surface area contributed by atoms with Crippen molar-refractivity contribution < 1.29 is 19.1 Å². The topological polar surface area (TPSA) is 57.6 Å². The standard InChI is InChI=1S/C15H16FNO3/c1-10(11-5-2-3-6-12(11)16)9-14(18)17-8-4-7-13(17)15(19)20/h2-3,5-6,9,13H,4,7-8H2,1H3,(H,19,20)/b10-9+/t13-/m1/s1. The van der Waals surface area contributed by atoms with Gasteiger partial charge in [-0.15, -0.1) is 0 Å². The second-order valence-corrected chi connectivity index (χ2v) is 4.84. The lowest BCUT2D eigenvalue weighted by Gasteiger charge is -2.20. The largest absolute Gasteiger partial charge is 0.480 e. The zero-order chi connectivity index (χ0) is 14.7. The molecule has 0 spiro atoms. The molecule has 0 aliphatic carbocycles. The highest BCUT2D eigenvalue weighted by Crippen LogP contribution is 2.21. The highest BCUT2D eigenvalue weighted by molar-refractivity contribution is 5.97. The van der Waals surface area contributed by atoms with Gasteiger partial charge in [-0.05, 0) is 31.4 Å². The molecule has 1 saturated heterocycles. The molecule has 1 aliphatic rings. The van der Waals surface area contributed by atoms with Crippen molar-refractivity contribution in [2.75, 3.05) is 6.54 Å². The van der Waals surface area contributed by atoms with Crippen molar-refractivity contribution >= 4 is 17.4 Å². The quantitative estimate of drug-likeness (QED) is 0.862. The molecule has 1 amide bonds. The van der Waals surface area contributed by atoms with E-state index < -0.39 is 17.8 Å². The molecule has 106 valence electrons. The Hall–Kier alpha value is -2.17. The van der Waals surface area contributed by atoms with Crippen molar-refractivity contribution in [1.29, 1.82) is 0 Å². The van der Waals surface area contributed by atoms with Crippen molar-refractivity contribution in [3.63, 3.8) is 0 Å². The average molecular weight is 277 g/mol. The summed E-state index contributed by atoms with van der Waals surface area (Å²) in [5, 5.41) is 9.05. The maximum absolute atomic E-state index is 13.6. The zero-order valence-electron chi connectivity index (χ0n) is 11.2. The third-order valence-electron chi connectivity index (χ3n) is 3.46. The van der Waals surface area contributed by atoms with Crippen LogP contribution in [0.25, 0.3) is 5.57 Å². The summed E-state index contributed by atoms with van der Waals surface area (Å²) in [7, 11) is 0. The number of allylic oxidation sites excluding steroid dienone is 1. The highest BCUT2D eigenvalue weighted by atomic mass is 19.1. The fourth-order valence-electron chi connectivity index (χ4n) is 2.41. The first kappa shape index (κ1) is 14.2. The van der Waals surface area contributed by atoms with Gasteiger partial charge in [0.05, 0.1) is 0 Å². The van der Waals surface area contributed by atoms with Gasteiger partial charge in [0.2, 0.25) is 5.91 Å². The molecular weight excluding hydrogens is 261 g/mol. The van der Waals surface area contributed by atoms with Gasteiger partial charge in [0.1, 0.15) is 11.9 Å². The van der Waals surface area contributed by atoms with Crippen LogP contribution in [0.1, 0.15) is 25.3 Å². The Morgan fingerprint density at radius 3 is 2.75 bits per heavy atom. The van der Waals surface area contributed by atoms with Crippen molar-refractivity contribution in [2.45, 2.75) is 25.8 Å². The minimum Gasteiger partial charge on any atom is -0.480 e. The van der Waals surface area contributed by atoms with Gasteiger partial charge in [0, 0.05) is 18.2 Å². The molecule has 1 aliphatic heterocycles. The van der Waals surface area contributed by atoms with Gasteiger partial charge in [-0.2, -0.15) is 0 Å². The van der Waals surface area contributed by atoms with E-state index in [4.69, 9.17) is 5.11 Å². The molecule has 20 heavy (non-hydrogen) atoms. The number of benzene rings is 1. The summed E-state index contributed by atoms with van der Waals surface area (Å²) >= 11 is 0. The molecule has 1 aromatic rings. The number of likely N-dealkylation sites (tertiary alicyclic amines) is 1. The van der Waals surface area contributed by atoms with Crippen LogP contribution in [0.4, 0.5) is 4.39 Å². The van der Waals surface area contributed by atoms with Gasteiger partial charge >= 0.3 is 5.97 Å². The first-order valence-electron chi connectivity index (χ1n) is 6.47. The predicted molar refractivity (Wildman–Crippen MR) is 72.4 cm³/mol. The summed E-state index contributed by atoms with van der Waals surface area (Å²) in [6.07, 6.45) is 2.45. The van der Waals surface area contributed by atoms with Crippen LogP contribution in [0.2, 0.25) is 0 Å². The molecule has 1 atom stereocenters. The van der Waals surface area contributed by atoms with Crippen LogP contribution in [0.5, 0.6) is 0 Å². The molecule has 1 aromatic carbocycles. The second-order valence-electron chi connectivity index (χ2n) is 4.84. The minimum absolute atomic E-state index is 0.354. The van der Waals surface area contributed by atoms with Crippen LogP contribution in [0.15, 0.2) is 30.3 Å².